The summed E-state index contributed by atoms with van der Waals surface area (Å²) in [6, 6.07) is 4.18. The minimum Gasteiger partial charge on any atom is -0.461 e. The number of allylic oxidation sites excluding steroid dienone is 2. The highest BCUT2D eigenvalue weighted by molar-refractivity contribution is 6.09. The van der Waals surface area contributed by atoms with Gasteiger partial charge in [-0.15, -0.1) is 0 Å². The fourth-order valence-electron chi connectivity index (χ4n) is 5.11. The number of carbonyl (C=O) groups is 3. The molecule has 1 saturated carbocycles. The van der Waals surface area contributed by atoms with Crippen molar-refractivity contribution in [2.75, 3.05) is 0 Å². The number of Topliss-reactive ketones (excluding diaryl/α,β-unsaturated/α-hetero) is 3. The average Bonchev–Trinajstić information content (AvgIpc) is 2.57. The number of ketones is 3. The highest BCUT2D eigenvalue weighted by Gasteiger charge is 2.51. The second kappa shape index (κ2) is 6.59. The minimum atomic E-state index is -1.02. The first-order valence-electron chi connectivity index (χ1n) is 10.2. The average molecular weight is 411 g/mol. The Bertz CT molecular complexity index is 1010. The van der Waals surface area contributed by atoms with E-state index < -0.39 is 22.2 Å². The molecule has 4 rings (SSSR count). The minimum absolute atomic E-state index is 0.158. The van der Waals surface area contributed by atoms with Gasteiger partial charge in [0.2, 0.25) is 0 Å². The van der Waals surface area contributed by atoms with Crippen LogP contribution in [-0.2, 0) is 14.4 Å². The summed E-state index contributed by atoms with van der Waals surface area (Å²) in [6.45, 7) is 7.69. The molecule has 1 aromatic rings. The second-order valence-electron chi connectivity index (χ2n) is 10.3. The van der Waals surface area contributed by atoms with Crippen LogP contribution in [0.2, 0.25) is 0 Å². The fraction of sp³-hybridized carbons (Fsp3) is 0.522. The molecule has 30 heavy (non-hydrogen) atoms. The lowest BCUT2D eigenvalue weighted by Gasteiger charge is -2.42. The Balaban J connectivity index is 1.91. The van der Waals surface area contributed by atoms with Gasteiger partial charge in [0.15, 0.2) is 5.78 Å². The zero-order valence-electron chi connectivity index (χ0n) is 17.6. The third kappa shape index (κ3) is 3.36. The number of non-ortho nitro benzene ring substituents is 1. The lowest BCUT2D eigenvalue weighted by atomic mass is 9.62. The van der Waals surface area contributed by atoms with Crippen molar-refractivity contribution in [1.29, 1.82) is 0 Å². The first-order chi connectivity index (χ1) is 13.9. The summed E-state index contributed by atoms with van der Waals surface area (Å²) >= 11 is 0. The zero-order chi connectivity index (χ0) is 22.0. The van der Waals surface area contributed by atoms with Crippen molar-refractivity contribution < 1.29 is 24.0 Å². The number of hydrogen-bond donors (Lipinski definition) is 0. The fourth-order valence-corrected chi connectivity index (χ4v) is 5.11. The predicted molar refractivity (Wildman–Crippen MR) is 108 cm³/mol. The standard InChI is InChI=1S/C23H25NO6/c1-22(2)8-14(25)20(15(26)9-22)19-13-7-12(24(28)29)5-6-17(13)30-18-11-23(3,4)10-16(27)21(18)19/h5-7,19-20H,8-11H2,1-4H3/t19-/m1/s1. The van der Waals surface area contributed by atoms with Crippen LogP contribution in [0.15, 0.2) is 29.5 Å². The van der Waals surface area contributed by atoms with E-state index in [0.29, 0.717) is 29.1 Å². The number of nitrogens with zero attached hydrogens (tertiary/aromatic N) is 1. The Morgan fingerprint density at radius 2 is 1.53 bits per heavy atom. The van der Waals surface area contributed by atoms with Gasteiger partial charge in [0.1, 0.15) is 23.1 Å². The van der Waals surface area contributed by atoms with E-state index >= 15 is 0 Å². The van der Waals surface area contributed by atoms with Gasteiger partial charge in [-0.2, -0.15) is 0 Å². The molecule has 158 valence electrons. The molecule has 0 amide bonds. The summed E-state index contributed by atoms with van der Waals surface area (Å²) in [7, 11) is 0. The lowest BCUT2D eigenvalue weighted by Crippen LogP contribution is -2.44. The number of nitro benzene ring substituents is 1. The lowest BCUT2D eigenvalue weighted by molar-refractivity contribution is -0.385. The van der Waals surface area contributed by atoms with Gasteiger partial charge in [0, 0.05) is 54.9 Å². The maximum atomic E-state index is 13.2. The van der Waals surface area contributed by atoms with E-state index in [1.54, 1.807) is 0 Å². The first-order valence-corrected chi connectivity index (χ1v) is 10.2. The monoisotopic (exact) mass is 411 g/mol. The SMILES string of the molecule is CC1(C)CC(=O)C([C@@H]2C3=C(CC(C)(C)CC3=O)Oc3ccc([N+](=O)[O-])cc32)C(=O)C1. The van der Waals surface area contributed by atoms with Crippen molar-refractivity contribution in [2.45, 2.75) is 59.3 Å². The maximum Gasteiger partial charge on any atom is 0.269 e. The van der Waals surface area contributed by atoms with Crippen LogP contribution in [0.5, 0.6) is 5.75 Å². The molecule has 0 aromatic heterocycles. The van der Waals surface area contributed by atoms with Crippen LogP contribution in [-0.4, -0.2) is 22.3 Å². The number of carbonyl (C=O) groups excluding carboxylic acids is 3. The van der Waals surface area contributed by atoms with Gasteiger partial charge in [-0.1, -0.05) is 27.7 Å². The number of hydrogen-bond acceptors (Lipinski definition) is 6. The number of ether oxygens (including phenoxy) is 1. The molecular formula is C23H25NO6. The van der Waals surface area contributed by atoms with Crippen molar-refractivity contribution in [3.05, 3.63) is 45.2 Å². The molecule has 1 fully saturated rings. The molecule has 1 aromatic carbocycles. The van der Waals surface area contributed by atoms with Gasteiger partial charge < -0.3 is 4.74 Å². The van der Waals surface area contributed by atoms with Gasteiger partial charge in [-0.3, -0.25) is 24.5 Å². The molecule has 0 radical (unpaired) electrons. The topological polar surface area (TPSA) is 104 Å². The first kappa shape index (κ1) is 20.4. The summed E-state index contributed by atoms with van der Waals surface area (Å²) in [6.07, 6.45) is 1.23. The quantitative estimate of drug-likeness (QED) is 0.409. The van der Waals surface area contributed by atoms with E-state index in [1.807, 2.05) is 27.7 Å². The highest BCUT2D eigenvalue weighted by atomic mass is 16.6. The molecular weight excluding hydrogens is 386 g/mol. The normalized spacial score (nSPS) is 25.5. The molecule has 1 atom stereocenters. The van der Waals surface area contributed by atoms with E-state index in [1.165, 1.54) is 18.2 Å². The van der Waals surface area contributed by atoms with E-state index in [0.717, 1.165) is 0 Å². The molecule has 2 aliphatic carbocycles. The number of fused-ring (bicyclic) bond motifs is 1. The number of rotatable bonds is 2. The molecule has 0 N–H and O–H groups in total. The van der Waals surface area contributed by atoms with Crippen molar-refractivity contribution in [2.24, 2.45) is 16.7 Å². The van der Waals surface area contributed by atoms with Crippen molar-refractivity contribution in [3.63, 3.8) is 0 Å². The maximum absolute atomic E-state index is 13.2. The molecule has 0 spiro atoms. The van der Waals surface area contributed by atoms with Gasteiger partial charge in [0.05, 0.1) is 10.8 Å². The van der Waals surface area contributed by atoms with Gasteiger partial charge in [-0.05, 0) is 16.9 Å². The Morgan fingerprint density at radius 3 is 2.13 bits per heavy atom. The Kier molecular flexibility index (Phi) is 4.49. The third-order valence-corrected chi connectivity index (χ3v) is 6.30. The van der Waals surface area contributed by atoms with Crippen molar-refractivity contribution in [1.82, 2.24) is 0 Å². The Hall–Kier alpha value is -2.83. The van der Waals surface area contributed by atoms with Crippen LogP contribution in [0, 0.1) is 26.9 Å². The summed E-state index contributed by atoms with van der Waals surface area (Å²) in [4.78, 5) is 50.3. The van der Waals surface area contributed by atoms with Gasteiger partial charge in [0.25, 0.3) is 5.69 Å². The van der Waals surface area contributed by atoms with Crippen LogP contribution in [0.3, 0.4) is 0 Å². The smallest absolute Gasteiger partial charge is 0.269 e. The van der Waals surface area contributed by atoms with Crippen LogP contribution < -0.4 is 4.74 Å². The molecule has 0 bridgehead atoms. The van der Waals surface area contributed by atoms with Gasteiger partial charge in [-0.25, -0.2) is 0 Å². The van der Waals surface area contributed by atoms with Crippen LogP contribution in [0.25, 0.3) is 0 Å². The summed E-state index contributed by atoms with van der Waals surface area (Å²) in [5.41, 5.74) is -0.180. The van der Waals surface area contributed by atoms with Gasteiger partial charge >= 0.3 is 0 Å². The zero-order valence-corrected chi connectivity index (χ0v) is 17.6. The van der Waals surface area contributed by atoms with Crippen molar-refractivity contribution >= 4 is 23.0 Å². The van der Waals surface area contributed by atoms with E-state index in [4.69, 9.17) is 4.74 Å². The number of benzene rings is 1. The molecule has 1 heterocycles. The van der Waals surface area contributed by atoms with Crippen LogP contribution >= 0.6 is 0 Å². The van der Waals surface area contributed by atoms with Crippen LogP contribution in [0.4, 0.5) is 5.69 Å². The summed E-state index contributed by atoms with van der Waals surface area (Å²) in [5, 5.41) is 11.4. The molecule has 7 nitrogen and oxygen atoms in total. The summed E-state index contributed by atoms with van der Waals surface area (Å²) in [5.74, 6) is -1.58. The second-order valence-corrected chi connectivity index (χ2v) is 10.3. The van der Waals surface area contributed by atoms with E-state index in [-0.39, 0.29) is 47.7 Å². The van der Waals surface area contributed by atoms with Crippen LogP contribution in [0.1, 0.15) is 64.9 Å². The Labute approximate surface area is 174 Å². The molecule has 7 heteroatoms. The molecule has 0 unspecified atom stereocenters. The molecule has 1 aliphatic heterocycles. The van der Waals surface area contributed by atoms with E-state index in [9.17, 15) is 24.5 Å². The highest BCUT2D eigenvalue weighted by Crippen LogP contribution is 2.53. The third-order valence-electron chi connectivity index (χ3n) is 6.30. The largest absolute Gasteiger partial charge is 0.461 e. The van der Waals surface area contributed by atoms with Crippen molar-refractivity contribution in [3.8, 4) is 5.75 Å². The molecule has 0 saturated heterocycles. The predicted octanol–water partition coefficient (Wildman–Crippen LogP) is 4.29. The van der Waals surface area contributed by atoms with E-state index in [2.05, 4.69) is 0 Å². The number of nitro groups is 1. The summed E-state index contributed by atoms with van der Waals surface area (Å²) < 4.78 is 6.02. The molecule has 3 aliphatic rings. The Morgan fingerprint density at radius 1 is 0.933 bits per heavy atom.